The Balaban J connectivity index is 2.70. The van der Waals surface area contributed by atoms with Crippen LogP contribution in [-0.2, 0) is 0 Å². The van der Waals surface area contributed by atoms with Gasteiger partial charge in [-0.3, -0.25) is 4.79 Å². The highest BCUT2D eigenvalue weighted by Crippen LogP contribution is 2.21. The number of benzene rings is 1. The first-order valence-corrected chi connectivity index (χ1v) is 7.85. The summed E-state index contributed by atoms with van der Waals surface area (Å²) in [7, 11) is 0. The van der Waals surface area contributed by atoms with Crippen molar-refractivity contribution in [3.05, 3.63) is 32.7 Å². The topological polar surface area (TPSA) is 29.1 Å². The van der Waals surface area contributed by atoms with E-state index in [0.717, 1.165) is 14.3 Å². The molecule has 1 rings (SSSR count). The van der Waals surface area contributed by atoms with Crippen LogP contribution >= 0.6 is 47.8 Å². The van der Waals surface area contributed by atoms with Crippen molar-refractivity contribution in [1.82, 2.24) is 5.32 Å². The molecule has 0 aliphatic carbocycles. The van der Waals surface area contributed by atoms with Gasteiger partial charge >= 0.3 is 0 Å². The van der Waals surface area contributed by atoms with Gasteiger partial charge in [-0.05, 0) is 23.6 Å². The Labute approximate surface area is 127 Å². The first-order chi connectivity index (χ1) is 7.84. The Morgan fingerprint density at radius 3 is 2.24 bits per heavy atom. The second-order valence-electron chi connectivity index (χ2n) is 4.64. The van der Waals surface area contributed by atoms with Crippen molar-refractivity contribution >= 4 is 53.7 Å². The molecule has 0 bridgehead atoms. The van der Waals surface area contributed by atoms with E-state index in [9.17, 15) is 4.79 Å². The number of amides is 1. The zero-order valence-corrected chi connectivity index (χ0v) is 14.4. The van der Waals surface area contributed by atoms with Gasteiger partial charge in [-0.2, -0.15) is 0 Å². The average Bonchev–Trinajstić information content (AvgIpc) is 2.24. The van der Waals surface area contributed by atoms with E-state index in [0.29, 0.717) is 12.1 Å². The Morgan fingerprint density at radius 1 is 1.24 bits per heavy atom. The van der Waals surface area contributed by atoms with Gasteiger partial charge < -0.3 is 5.32 Å². The smallest absolute Gasteiger partial charge is 0.251 e. The van der Waals surface area contributed by atoms with Crippen LogP contribution in [0.15, 0.2) is 27.1 Å². The van der Waals surface area contributed by atoms with Gasteiger partial charge in [0.2, 0.25) is 0 Å². The van der Waals surface area contributed by atoms with Crippen molar-refractivity contribution in [2.45, 2.75) is 13.8 Å². The van der Waals surface area contributed by atoms with E-state index < -0.39 is 0 Å². The molecule has 17 heavy (non-hydrogen) atoms. The Kier molecular flexibility index (Phi) is 5.67. The number of hydrogen-bond acceptors (Lipinski definition) is 1. The van der Waals surface area contributed by atoms with Gasteiger partial charge in [-0.25, -0.2) is 0 Å². The molecule has 5 heteroatoms. The van der Waals surface area contributed by atoms with Crippen LogP contribution in [0.25, 0.3) is 0 Å². The predicted molar refractivity (Wildman–Crippen MR) is 81.8 cm³/mol. The summed E-state index contributed by atoms with van der Waals surface area (Å²) in [6.45, 7) is 4.83. The lowest BCUT2D eigenvalue weighted by atomic mass is 9.97. The fourth-order valence-electron chi connectivity index (χ4n) is 1.15. The molecule has 1 aromatic rings. The molecule has 0 radical (unpaired) electrons. The average molecular weight is 428 g/mol. The van der Waals surface area contributed by atoms with Crippen LogP contribution in [-0.4, -0.2) is 17.8 Å². The number of hydrogen-bond donors (Lipinski definition) is 1. The number of alkyl halides is 1. The maximum Gasteiger partial charge on any atom is 0.251 e. The van der Waals surface area contributed by atoms with Crippen LogP contribution < -0.4 is 5.32 Å². The summed E-state index contributed by atoms with van der Waals surface area (Å²) in [5.41, 5.74) is 0.704. The number of carbonyl (C=O) groups is 1. The highest BCUT2D eigenvalue weighted by molar-refractivity contribution is 9.11. The zero-order chi connectivity index (χ0) is 13.1. The van der Waals surface area contributed by atoms with E-state index in [-0.39, 0.29) is 11.3 Å². The van der Waals surface area contributed by atoms with E-state index in [1.807, 2.05) is 6.07 Å². The second kappa shape index (κ2) is 6.34. The Hall–Kier alpha value is 0.130. The van der Waals surface area contributed by atoms with Crippen LogP contribution in [0.1, 0.15) is 24.2 Å². The maximum atomic E-state index is 11.9. The van der Waals surface area contributed by atoms with Gasteiger partial charge in [0.1, 0.15) is 0 Å². The largest absolute Gasteiger partial charge is 0.351 e. The molecule has 0 atom stereocenters. The SMILES string of the molecule is CC(C)(CBr)CNC(=O)c1cc(Br)cc(Br)c1. The minimum atomic E-state index is -0.0546. The first-order valence-electron chi connectivity index (χ1n) is 5.14. The predicted octanol–water partition coefficient (Wildman–Crippen LogP) is 4.36. The lowest BCUT2D eigenvalue weighted by Gasteiger charge is -2.21. The van der Waals surface area contributed by atoms with Gasteiger partial charge in [0, 0.05) is 26.4 Å². The summed E-state index contributed by atoms with van der Waals surface area (Å²) in [4.78, 5) is 11.9. The number of rotatable bonds is 4. The van der Waals surface area contributed by atoms with Gasteiger partial charge in [0.05, 0.1) is 0 Å². The molecular weight excluding hydrogens is 414 g/mol. The molecule has 94 valence electrons. The van der Waals surface area contributed by atoms with Crippen LogP contribution in [0.5, 0.6) is 0 Å². The van der Waals surface area contributed by atoms with E-state index in [1.54, 1.807) is 12.1 Å². The van der Waals surface area contributed by atoms with Crippen molar-refractivity contribution in [2.24, 2.45) is 5.41 Å². The number of carbonyl (C=O) groups excluding carboxylic acids is 1. The summed E-state index contributed by atoms with van der Waals surface area (Å²) in [6.07, 6.45) is 0. The summed E-state index contributed by atoms with van der Waals surface area (Å²) in [5.74, 6) is -0.0546. The standard InChI is InChI=1S/C12H14Br3NO/c1-12(2,6-13)7-16-11(17)8-3-9(14)5-10(15)4-8/h3-5H,6-7H2,1-2H3,(H,16,17). The van der Waals surface area contributed by atoms with Crippen LogP contribution in [0.3, 0.4) is 0 Å². The first kappa shape index (κ1) is 15.2. The molecular formula is C12H14Br3NO. The molecule has 0 fully saturated rings. The second-order valence-corrected chi connectivity index (χ2v) is 7.03. The molecule has 0 aromatic heterocycles. The van der Waals surface area contributed by atoms with Crippen molar-refractivity contribution in [2.75, 3.05) is 11.9 Å². The van der Waals surface area contributed by atoms with Crippen LogP contribution in [0.2, 0.25) is 0 Å². The molecule has 0 aliphatic rings. The molecule has 0 saturated carbocycles. The molecule has 0 saturated heterocycles. The molecule has 1 amide bonds. The molecule has 0 heterocycles. The highest BCUT2D eigenvalue weighted by Gasteiger charge is 2.17. The fraction of sp³-hybridized carbons (Fsp3) is 0.417. The summed E-state index contributed by atoms with van der Waals surface area (Å²) in [6, 6.07) is 5.52. The van der Waals surface area contributed by atoms with Crippen molar-refractivity contribution in [1.29, 1.82) is 0 Å². The molecule has 2 nitrogen and oxygen atoms in total. The van der Waals surface area contributed by atoms with E-state index in [4.69, 9.17) is 0 Å². The van der Waals surface area contributed by atoms with E-state index in [2.05, 4.69) is 67.0 Å². The van der Waals surface area contributed by atoms with E-state index >= 15 is 0 Å². The Bertz CT molecular complexity index is 398. The highest BCUT2D eigenvalue weighted by atomic mass is 79.9. The zero-order valence-electron chi connectivity index (χ0n) is 9.69. The molecule has 0 aliphatic heterocycles. The fourth-order valence-corrected chi connectivity index (χ4v) is 2.65. The summed E-state index contributed by atoms with van der Waals surface area (Å²) < 4.78 is 1.77. The lowest BCUT2D eigenvalue weighted by molar-refractivity contribution is 0.0940. The summed E-state index contributed by atoms with van der Waals surface area (Å²) >= 11 is 10.2. The van der Waals surface area contributed by atoms with Crippen molar-refractivity contribution in [3.8, 4) is 0 Å². The van der Waals surface area contributed by atoms with Gasteiger partial charge in [-0.1, -0.05) is 61.6 Å². The quantitative estimate of drug-likeness (QED) is 0.710. The Morgan fingerprint density at radius 2 is 1.76 bits per heavy atom. The minimum absolute atomic E-state index is 0.0545. The third-order valence-corrected chi connectivity index (χ3v) is 4.65. The third-order valence-electron chi connectivity index (χ3n) is 2.21. The maximum absolute atomic E-state index is 11.9. The number of halogens is 3. The summed E-state index contributed by atoms with van der Waals surface area (Å²) in [5, 5.41) is 3.78. The van der Waals surface area contributed by atoms with Crippen molar-refractivity contribution in [3.63, 3.8) is 0 Å². The third kappa shape index (κ3) is 5.10. The van der Waals surface area contributed by atoms with E-state index in [1.165, 1.54) is 0 Å². The van der Waals surface area contributed by atoms with Gasteiger partial charge in [-0.15, -0.1) is 0 Å². The molecule has 1 aromatic carbocycles. The molecule has 0 spiro atoms. The van der Waals surface area contributed by atoms with Crippen LogP contribution in [0, 0.1) is 5.41 Å². The van der Waals surface area contributed by atoms with Gasteiger partial charge in [0.25, 0.3) is 5.91 Å². The number of nitrogens with one attached hydrogen (secondary N) is 1. The molecule has 1 N–H and O–H groups in total. The monoisotopic (exact) mass is 425 g/mol. The van der Waals surface area contributed by atoms with Crippen LogP contribution in [0.4, 0.5) is 0 Å². The molecule has 0 unspecified atom stereocenters. The lowest BCUT2D eigenvalue weighted by Crippen LogP contribution is -2.34. The minimum Gasteiger partial charge on any atom is -0.351 e. The van der Waals surface area contributed by atoms with Gasteiger partial charge in [0.15, 0.2) is 0 Å². The van der Waals surface area contributed by atoms with Crippen molar-refractivity contribution < 1.29 is 4.79 Å². The normalized spacial score (nSPS) is 11.4.